The van der Waals surface area contributed by atoms with E-state index >= 15 is 0 Å². The number of piperazine rings is 2. The van der Waals surface area contributed by atoms with Crippen molar-refractivity contribution in [3.05, 3.63) is 12.2 Å². The van der Waals surface area contributed by atoms with Gasteiger partial charge in [0.25, 0.3) is 0 Å². The molecule has 2 heterocycles. The van der Waals surface area contributed by atoms with E-state index in [9.17, 15) is 9.59 Å². The first-order valence-corrected chi connectivity index (χ1v) is 7.05. The van der Waals surface area contributed by atoms with Crippen molar-refractivity contribution in [1.82, 2.24) is 14.7 Å². The Morgan fingerprint density at radius 2 is 2.05 bits per heavy atom. The van der Waals surface area contributed by atoms with Crippen molar-refractivity contribution in [2.75, 3.05) is 39.8 Å². The summed E-state index contributed by atoms with van der Waals surface area (Å²) in [5.41, 5.74) is 0. The van der Waals surface area contributed by atoms with Crippen LogP contribution in [0.4, 0.5) is 0 Å². The second-order valence-electron chi connectivity index (χ2n) is 5.32. The van der Waals surface area contributed by atoms with Crippen LogP contribution in [0.15, 0.2) is 12.2 Å². The van der Waals surface area contributed by atoms with E-state index in [0.29, 0.717) is 13.1 Å². The highest BCUT2D eigenvalue weighted by Gasteiger charge is 2.40. The Hall–Kier alpha value is -1.36. The van der Waals surface area contributed by atoms with Crippen molar-refractivity contribution >= 4 is 11.8 Å². The Balaban J connectivity index is 1.93. The van der Waals surface area contributed by atoms with Crippen LogP contribution in [0.25, 0.3) is 0 Å². The number of carbonyl (C=O) groups is 2. The maximum Gasteiger partial charge on any atom is 0.246 e. The lowest BCUT2D eigenvalue weighted by molar-refractivity contribution is -0.158. The minimum absolute atomic E-state index is 0.0711. The molecule has 106 valence electrons. The first kappa shape index (κ1) is 14.1. The van der Waals surface area contributed by atoms with Gasteiger partial charge in [-0.3, -0.25) is 14.5 Å². The van der Waals surface area contributed by atoms with Gasteiger partial charge in [0.2, 0.25) is 11.8 Å². The number of hydrogen-bond donors (Lipinski definition) is 0. The average molecular weight is 265 g/mol. The molecule has 0 aromatic heterocycles. The number of rotatable bonds is 4. The van der Waals surface area contributed by atoms with E-state index in [2.05, 4.69) is 24.0 Å². The van der Waals surface area contributed by atoms with Gasteiger partial charge in [0.1, 0.15) is 6.04 Å². The molecule has 19 heavy (non-hydrogen) atoms. The van der Waals surface area contributed by atoms with Crippen LogP contribution < -0.4 is 0 Å². The van der Waals surface area contributed by atoms with Gasteiger partial charge in [0, 0.05) is 33.2 Å². The molecule has 2 rings (SSSR count). The highest BCUT2D eigenvalue weighted by Crippen LogP contribution is 2.16. The maximum atomic E-state index is 12.1. The SMILES string of the molecule is CCC/C=C/CN1CCN2C(=O)CN(C)C(=O)C2C1. The molecule has 2 aliphatic rings. The van der Waals surface area contributed by atoms with Gasteiger partial charge in [-0.25, -0.2) is 0 Å². The van der Waals surface area contributed by atoms with Gasteiger partial charge in [-0.15, -0.1) is 0 Å². The molecule has 1 unspecified atom stereocenters. The van der Waals surface area contributed by atoms with Crippen molar-refractivity contribution in [3.8, 4) is 0 Å². The number of amides is 2. The summed E-state index contributed by atoms with van der Waals surface area (Å²) in [5.74, 6) is 0.148. The smallest absolute Gasteiger partial charge is 0.246 e. The number of allylic oxidation sites excluding steroid dienone is 1. The zero-order valence-electron chi connectivity index (χ0n) is 11.8. The van der Waals surface area contributed by atoms with Gasteiger partial charge in [0.15, 0.2) is 0 Å². The fourth-order valence-corrected chi connectivity index (χ4v) is 2.65. The zero-order valence-corrected chi connectivity index (χ0v) is 11.8. The van der Waals surface area contributed by atoms with E-state index in [4.69, 9.17) is 0 Å². The predicted molar refractivity (Wildman–Crippen MR) is 73.6 cm³/mol. The van der Waals surface area contributed by atoms with Crippen LogP contribution >= 0.6 is 0 Å². The quantitative estimate of drug-likeness (QED) is 0.688. The second-order valence-corrected chi connectivity index (χ2v) is 5.32. The Bertz CT molecular complexity index is 381. The molecule has 1 atom stereocenters. The van der Waals surface area contributed by atoms with Gasteiger partial charge < -0.3 is 9.80 Å². The highest BCUT2D eigenvalue weighted by atomic mass is 16.2. The van der Waals surface area contributed by atoms with Crippen LogP contribution in [0.2, 0.25) is 0 Å². The van der Waals surface area contributed by atoms with E-state index in [1.807, 2.05) is 0 Å². The molecule has 2 fully saturated rings. The van der Waals surface area contributed by atoms with E-state index in [-0.39, 0.29) is 24.4 Å². The summed E-state index contributed by atoms with van der Waals surface area (Å²) >= 11 is 0. The highest BCUT2D eigenvalue weighted by molar-refractivity contribution is 5.95. The molecule has 0 spiro atoms. The standard InChI is InChI=1S/C14H23N3O2/c1-3-4-5-6-7-16-8-9-17-12(10-16)14(19)15(2)11-13(17)18/h5-6,12H,3-4,7-11H2,1-2H3/b6-5+. The second kappa shape index (κ2) is 6.19. The molecule has 5 nitrogen and oxygen atoms in total. The van der Waals surface area contributed by atoms with Crippen molar-refractivity contribution in [2.45, 2.75) is 25.8 Å². The topological polar surface area (TPSA) is 43.9 Å². The summed E-state index contributed by atoms with van der Waals surface area (Å²) in [4.78, 5) is 29.5. The van der Waals surface area contributed by atoms with Crippen LogP contribution in [-0.2, 0) is 9.59 Å². The molecule has 0 saturated carbocycles. The summed E-state index contributed by atoms with van der Waals surface area (Å²) in [6.45, 7) is 5.44. The molecule has 0 aromatic carbocycles. The lowest BCUT2D eigenvalue weighted by atomic mass is 10.1. The monoisotopic (exact) mass is 265 g/mol. The summed E-state index contributed by atoms with van der Waals surface area (Å²) in [7, 11) is 1.71. The van der Waals surface area contributed by atoms with Crippen LogP contribution in [0.3, 0.4) is 0 Å². The molecule has 5 heteroatoms. The number of carbonyl (C=O) groups excluding carboxylic acids is 2. The van der Waals surface area contributed by atoms with E-state index in [0.717, 1.165) is 25.9 Å². The Morgan fingerprint density at radius 3 is 2.79 bits per heavy atom. The predicted octanol–water partition coefficient (Wildman–Crippen LogP) is 0.328. The van der Waals surface area contributed by atoms with Crippen molar-refractivity contribution < 1.29 is 9.59 Å². The van der Waals surface area contributed by atoms with Crippen LogP contribution in [0, 0.1) is 0 Å². The first-order valence-electron chi connectivity index (χ1n) is 7.05. The van der Waals surface area contributed by atoms with Gasteiger partial charge in [-0.1, -0.05) is 25.5 Å². The zero-order chi connectivity index (χ0) is 13.8. The van der Waals surface area contributed by atoms with Gasteiger partial charge in [-0.05, 0) is 6.42 Å². The molecular formula is C14H23N3O2. The molecule has 2 amide bonds. The number of fused-ring (bicyclic) bond motifs is 1. The van der Waals surface area contributed by atoms with E-state index < -0.39 is 0 Å². The lowest BCUT2D eigenvalue weighted by Crippen LogP contribution is -2.66. The minimum Gasteiger partial charge on any atom is -0.335 e. The van der Waals surface area contributed by atoms with Gasteiger partial charge >= 0.3 is 0 Å². The normalized spacial score (nSPS) is 25.3. The van der Waals surface area contributed by atoms with Gasteiger partial charge in [-0.2, -0.15) is 0 Å². The molecule has 0 bridgehead atoms. The number of nitrogens with zero attached hydrogens (tertiary/aromatic N) is 3. The average Bonchev–Trinajstić information content (AvgIpc) is 2.41. The minimum atomic E-state index is -0.278. The Kier molecular flexibility index (Phi) is 4.58. The molecule has 0 radical (unpaired) electrons. The summed E-state index contributed by atoms with van der Waals surface area (Å²) in [6.07, 6.45) is 6.61. The van der Waals surface area contributed by atoms with Crippen LogP contribution in [0.5, 0.6) is 0 Å². The Labute approximate surface area is 114 Å². The lowest BCUT2D eigenvalue weighted by Gasteiger charge is -2.45. The van der Waals surface area contributed by atoms with Crippen molar-refractivity contribution in [1.29, 1.82) is 0 Å². The maximum absolute atomic E-state index is 12.1. The largest absolute Gasteiger partial charge is 0.335 e. The third-order valence-electron chi connectivity index (χ3n) is 3.80. The summed E-state index contributed by atoms with van der Waals surface area (Å²) in [6, 6.07) is -0.278. The molecule has 2 saturated heterocycles. The Morgan fingerprint density at radius 1 is 1.26 bits per heavy atom. The van der Waals surface area contributed by atoms with E-state index in [1.54, 1.807) is 16.8 Å². The fraction of sp³-hybridized carbons (Fsp3) is 0.714. The van der Waals surface area contributed by atoms with Crippen molar-refractivity contribution in [2.24, 2.45) is 0 Å². The molecule has 0 aliphatic carbocycles. The van der Waals surface area contributed by atoms with E-state index in [1.165, 1.54) is 0 Å². The molecule has 0 N–H and O–H groups in total. The number of unbranched alkanes of at least 4 members (excludes halogenated alkanes) is 1. The van der Waals surface area contributed by atoms with Crippen LogP contribution in [-0.4, -0.2) is 72.3 Å². The fourth-order valence-electron chi connectivity index (χ4n) is 2.65. The third kappa shape index (κ3) is 3.15. The third-order valence-corrected chi connectivity index (χ3v) is 3.80. The van der Waals surface area contributed by atoms with Crippen molar-refractivity contribution in [3.63, 3.8) is 0 Å². The summed E-state index contributed by atoms with van der Waals surface area (Å²) < 4.78 is 0. The van der Waals surface area contributed by atoms with Crippen LogP contribution in [0.1, 0.15) is 19.8 Å². The molecule has 2 aliphatic heterocycles. The number of likely N-dealkylation sites (N-methyl/N-ethyl adjacent to an activating group) is 1. The molecule has 0 aromatic rings. The molecular weight excluding hydrogens is 242 g/mol. The van der Waals surface area contributed by atoms with Gasteiger partial charge in [0.05, 0.1) is 6.54 Å². The summed E-state index contributed by atoms with van der Waals surface area (Å²) in [5, 5.41) is 0. The number of hydrogen-bond acceptors (Lipinski definition) is 3. The first-order chi connectivity index (χ1) is 9.13.